The van der Waals surface area contributed by atoms with Crippen molar-refractivity contribution in [1.29, 1.82) is 0 Å². The van der Waals surface area contributed by atoms with Crippen LogP contribution in [0.25, 0.3) is 11.3 Å². The fourth-order valence-electron chi connectivity index (χ4n) is 2.60. The fourth-order valence-corrected chi connectivity index (χ4v) is 3.25. The maximum atomic E-state index is 12.3. The van der Waals surface area contributed by atoms with Crippen molar-refractivity contribution < 1.29 is 14.3 Å². The maximum absolute atomic E-state index is 12.3. The molecule has 28 heavy (non-hydrogen) atoms. The highest BCUT2D eigenvalue weighted by Crippen LogP contribution is 2.30. The number of carbonyl (C=O) groups is 1. The Hall–Kier alpha value is -2.93. The summed E-state index contributed by atoms with van der Waals surface area (Å²) in [5.41, 5.74) is 2.66. The average molecular weight is 398 g/mol. The van der Waals surface area contributed by atoms with Crippen molar-refractivity contribution in [2.75, 3.05) is 24.3 Å². The molecule has 0 spiro atoms. The Bertz CT molecular complexity index is 912. The van der Waals surface area contributed by atoms with Crippen LogP contribution in [0, 0.1) is 0 Å². The van der Waals surface area contributed by atoms with E-state index in [1.165, 1.54) is 11.8 Å². The topological polar surface area (TPSA) is 76.2 Å². The third kappa shape index (κ3) is 5.29. The summed E-state index contributed by atoms with van der Waals surface area (Å²) in [6, 6.07) is 15.3. The van der Waals surface area contributed by atoms with Gasteiger partial charge in [-0.3, -0.25) is 4.79 Å². The molecular weight excluding hydrogens is 374 g/mol. The molecule has 0 atom stereocenters. The number of hydrogen-bond donors (Lipinski definition) is 2. The summed E-state index contributed by atoms with van der Waals surface area (Å²) < 4.78 is 11.1. The van der Waals surface area contributed by atoms with Crippen molar-refractivity contribution in [3.05, 3.63) is 54.7 Å². The van der Waals surface area contributed by atoms with Crippen molar-refractivity contribution in [1.82, 2.24) is 9.97 Å². The van der Waals surface area contributed by atoms with E-state index in [1.807, 2.05) is 44.2 Å². The van der Waals surface area contributed by atoms with Crippen LogP contribution in [0.3, 0.4) is 0 Å². The first kappa shape index (κ1) is 19.8. The van der Waals surface area contributed by atoms with E-state index in [0.29, 0.717) is 35.6 Å². The fraction of sp³-hybridized carbons (Fsp3) is 0.238. The highest BCUT2D eigenvalue weighted by atomic mass is 32.2. The molecule has 3 aromatic rings. The Morgan fingerprint density at radius 1 is 1.07 bits per heavy atom. The van der Waals surface area contributed by atoms with E-state index < -0.39 is 0 Å². The molecule has 146 valence electrons. The van der Waals surface area contributed by atoms with Crippen LogP contribution in [0.4, 0.5) is 5.69 Å². The second-order valence-corrected chi connectivity index (χ2v) is 6.80. The summed E-state index contributed by atoms with van der Waals surface area (Å²) in [5.74, 6) is 1.42. The number of H-pyrrole nitrogens is 1. The normalized spacial score (nSPS) is 10.5. The van der Waals surface area contributed by atoms with Gasteiger partial charge in [0, 0.05) is 11.8 Å². The number of nitrogens with zero attached hydrogens (tertiary/aromatic N) is 1. The van der Waals surface area contributed by atoms with Crippen molar-refractivity contribution in [2.24, 2.45) is 0 Å². The summed E-state index contributed by atoms with van der Waals surface area (Å²) in [6.07, 6.45) is 1.77. The van der Waals surface area contributed by atoms with Crippen molar-refractivity contribution in [3.8, 4) is 22.8 Å². The minimum atomic E-state index is -0.116. The molecule has 0 saturated heterocycles. The largest absolute Gasteiger partial charge is 0.490 e. The number of imidazole rings is 1. The maximum Gasteiger partial charge on any atom is 0.234 e. The molecule has 2 N–H and O–H groups in total. The van der Waals surface area contributed by atoms with E-state index in [1.54, 1.807) is 24.4 Å². The Balaban J connectivity index is 1.57. The van der Waals surface area contributed by atoms with Crippen LogP contribution in [0.1, 0.15) is 13.8 Å². The number of rotatable bonds is 9. The third-order valence-corrected chi connectivity index (χ3v) is 4.69. The summed E-state index contributed by atoms with van der Waals surface area (Å²) in [6.45, 7) is 4.90. The molecule has 3 rings (SSSR count). The summed E-state index contributed by atoms with van der Waals surface area (Å²) >= 11 is 1.35. The molecule has 0 saturated carbocycles. The van der Waals surface area contributed by atoms with Gasteiger partial charge in [-0.2, -0.15) is 0 Å². The Morgan fingerprint density at radius 2 is 1.82 bits per heavy atom. The lowest BCUT2D eigenvalue weighted by molar-refractivity contribution is -0.113. The van der Waals surface area contributed by atoms with Crippen molar-refractivity contribution in [2.45, 2.75) is 19.0 Å². The van der Waals surface area contributed by atoms with Crippen LogP contribution < -0.4 is 14.8 Å². The molecular formula is C21H23N3O3S. The molecule has 0 aliphatic carbocycles. The number of hydrogen-bond acceptors (Lipinski definition) is 5. The van der Waals surface area contributed by atoms with Crippen LogP contribution in [0.15, 0.2) is 59.9 Å². The number of ether oxygens (including phenoxy) is 2. The number of carbonyl (C=O) groups excluding carboxylic acids is 1. The van der Waals surface area contributed by atoms with Crippen molar-refractivity contribution in [3.63, 3.8) is 0 Å². The lowest BCUT2D eigenvalue weighted by atomic mass is 10.2. The molecule has 0 bridgehead atoms. The zero-order chi connectivity index (χ0) is 19.8. The van der Waals surface area contributed by atoms with E-state index in [0.717, 1.165) is 11.3 Å². The molecule has 6 nitrogen and oxygen atoms in total. The highest BCUT2D eigenvalue weighted by molar-refractivity contribution is 7.99. The first-order chi connectivity index (χ1) is 13.7. The Morgan fingerprint density at radius 3 is 2.57 bits per heavy atom. The number of aromatic nitrogens is 2. The molecule has 1 aromatic heterocycles. The minimum absolute atomic E-state index is 0.116. The number of aromatic amines is 1. The van der Waals surface area contributed by atoms with E-state index >= 15 is 0 Å². The first-order valence-corrected chi connectivity index (χ1v) is 10.1. The summed E-state index contributed by atoms with van der Waals surface area (Å²) in [5, 5.41) is 3.59. The second kappa shape index (κ2) is 9.85. The highest BCUT2D eigenvalue weighted by Gasteiger charge is 2.10. The van der Waals surface area contributed by atoms with Gasteiger partial charge in [-0.25, -0.2) is 4.98 Å². The lowest BCUT2D eigenvalue weighted by Crippen LogP contribution is -2.14. The SMILES string of the molecule is CCOc1ccc(NC(=O)CSc2ncc(-c3ccccc3)[nH]2)cc1OCC. The molecule has 0 unspecified atom stereocenters. The quantitative estimate of drug-likeness (QED) is 0.516. The summed E-state index contributed by atoms with van der Waals surface area (Å²) in [7, 11) is 0. The number of benzene rings is 2. The van der Waals surface area contributed by atoms with Gasteiger partial charge in [-0.15, -0.1) is 0 Å². The second-order valence-electron chi connectivity index (χ2n) is 5.83. The molecule has 0 fully saturated rings. The van der Waals surface area contributed by atoms with Gasteiger partial charge in [-0.05, 0) is 31.5 Å². The smallest absolute Gasteiger partial charge is 0.234 e. The molecule has 0 radical (unpaired) electrons. The zero-order valence-electron chi connectivity index (χ0n) is 15.9. The standard InChI is InChI=1S/C21H23N3O3S/c1-3-26-18-11-10-16(12-19(18)27-4-2)23-20(25)14-28-21-22-13-17(24-21)15-8-6-5-7-9-15/h5-13H,3-4,14H2,1-2H3,(H,22,24)(H,23,25). The van der Waals surface area contributed by atoms with Gasteiger partial charge in [-0.1, -0.05) is 42.1 Å². The molecule has 0 aliphatic rings. The van der Waals surface area contributed by atoms with E-state index in [9.17, 15) is 4.79 Å². The van der Waals surface area contributed by atoms with E-state index in [-0.39, 0.29) is 11.7 Å². The van der Waals surface area contributed by atoms with E-state index in [2.05, 4.69) is 15.3 Å². The number of thioether (sulfide) groups is 1. The van der Waals surface area contributed by atoms with Gasteiger partial charge in [0.2, 0.25) is 5.91 Å². The average Bonchev–Trinajstić information content (AvgIpc) is 3.19. The Kier molecular flexibility index (Phi) is 6.97. The third-order valence-electron chi connectivity index (χ3n) is 3.80. The van der Waals surface area contributed by atoms with Crippen LogP contribution in [-0.2, 0) is 4.79 Å². The van der Waals surface area contributed by atoms with Crippen LogP contribution in [0.5, 0.6) is 11.5 Å². The predicted molar refractivity (Wildman–Crippen MR) is 112 cm³/mol. The van der Waals surface area contributed by atoms with Crippen LogP contribution >= 0.6 is 11.8 Å². The van der Waals surface area contributed by atoms with Gasteiger partial charge >= 0.3 is 0 Å². The van der Waals surface area contributed by atoms with Crippen LogP contribution in [0.2, 0.25) is 0 Å². The van der Waals surface area contributed by atoms with E-state index in [4.69, 9.17) is 9.47 Å². The van der Waals surface area contributed by atoms with Gasteiger partial charge < -0.3 is 19.8 Å². The number of anilines is 1. The monoisotopic (exact) mass is 397 g/mol. The lowest BCUT2D eigenvalue weighted by Gasteiger charge is -2.12. The molecule has 7 heteroatoms. The predicted octanol–water partition coefficient (Wildman–Crippen LogP) is 4.60. The van der Waals surface area contributed by atoms with Gasteiger partial charge in [0.1, 0.15) is 0 Å². The van der Waals surface area contributed by atoms with Gasteiger partial charge in [0.15, 0.2) is 16.7 Å². The molecule has 2 aromatic carbocycles. The molecule has 0 aliphatic heterocycles. The zero-order valence-corrected chi connectivity index (χ0v) is 16.7. The molecule has 1 heterocycles. The minimum Gasteiger partial charge on any atom is -0.490 e. The first-order valence-electron chi connectivity index (χ1n) is 9.12. The van der Waals surface area contributed by atoms with Gasteiger partial charge in [0.25, 0.3) is 0 Å². The number of amides is 1. The Labute approximate surface area is 168 Å². The van der Waals surface area contributed by atoms with Crippen LogP contribution in [-0.4, -0.2) is 34.8 Å². The van der Waals surface area contributed by atoms with Crippen molar-refractivity contribution >= 4 is 23.4 Å². The number of nitrogens with one attached hydrogen (secondary N) is 2. The molecule has 1 amide bonds. The van der Waals surface area contributed by atoms with Gasteiger partial charge in [0.05, 0.1) is 30.9 Å². The summed E-state index contributed by atoms with van der Waals surface area (Å²) in [4.78, 5) is 19.9.